The van der Waals surface area contributed by atoms with Crippen molar-refractivity contribution in [3.05, 3.63) is 72.8 Å². The molecule has 1 radical (unpaired) electrons. The van der Waals surface area contributed by atoms with Crippen LogP contribution >= 0.6 is 0 Å². The molecule has 0 aliphatic carbocycles. The summed E-state index contributed by atoms with van der Waals surface area (Å²) in [7, 11) is 2.22. The van der Waals surface area contributed by atoms with Gasteiger partial charge in [0.05, 0.1) is 0 Å². The Morgan fingerprint density at radius 2 is 1.05 bits per heavy atom. The van der Waals surface area contributed by atoms with Gasteiger partial charge in [0, 0.05) is 10.8 Å². The molecule has 0 aromatic heterocycles. The Morgan fingerprint density at radius 3 is 1.59 bits per heavy atom. The first-order valence-corrected chi connectivity index (χ1v) is 7.46. The molecule has 4 aromatic carbocycles. The Balaban J connectivity index is 1.80. The summed E-state index contributed by atoms with van der Waals surface area (Å²) in [5.41, 5.74) is 2.28. The zero-order valence-corrected chi connectivity index (χ0v) is 11.9. The predicted octanol–water partition coefficient (Wildman–Crippen LogP) is 3.75. The molecular weight excluding hydrogens is 267 g/mol. The number of ether oxygens (including phenoxy) is 1. The maximum Gasteiger partial charge on any atom is 0.201 e. The van der Waals surface area contributed by atoms with Gasteiger partial charge < -0.3 is 4.74 Å². The molecule has 0 spiro atoms. The first kappa shape index (κ1) is 11.9. The highest BCUT2D eigenvalue weighted by molar-refractivity contribution is 6.70. The van der Waals surface area contributed by atoms with Crippen molar-refractivity contribution >= 4 is 39.8 Å². The van der Waals surface area contributed by atoms with Crippen molar-refractivity contribution < 1.29 is 4.74 Å². The van der Waals surface area contributed by atoms with E-state index in [2.05, 4.69) is 80.1 Å². The summed E-state index contributed by atoms with van der Waals surface area (Å²) in [4.78, 5) is 0. The fourth-order valence-electron chi connectivity index (χ4n) is 3.24. The molecule has 4 aromatic rings. The van der Waals surface area contributed by atoms with Gasteiger partial charge in [-0.15, -0.1) is 0 Å². The minimum Gasteiger partial charge on any atom is -0.457 e. The van der Waals surface area contributed by atoms with E-state index in [-0.39, 0.29) is 0 Å². The fourth-order valence-corrected chi connectivity index (χ4v) is 3.24. The maximum absolute atomic E-state index is 6.37. The quantitative estimate of drug-likeness (QED) is 0.392. The lowest BCUT2D eigenvalue weighted by atomic mass is 9.61. The normalized spacial score (nSPS) is 12.4. The minimum absolute atomic E-state index is 0.960. The molecular formula is C20H12BO. The molecule has 0 amide bonds. The van der Waals surface area contributed by atoms with E-state index in [0.29, 0.717) is 0 Å². The third-order valence-electron chi connectivity index (χ3n) is 4.34. The Morgan fingerprint density at radius 1 is 0.545 bits per heavy atom. The van der Waals surface area contributed by atoms with Crippen LogP contribution in [0.3, 0.4) is 0 Å². The molecule has 5 rings (SSSR count). The van der Waals surface area contributed by atoms with Gasteiger partial charge in [-0.25, -0.2) is 0 Å². The molecule has 101 valence electrons. The third kappa shape index (κ3) is 1.61. The van der Waals surface area contributed by atoms with E-state index < -0.39 is 0 Å². The average Bonchev–Trinajstić information content (AvgIpc) is 2.60. The van der Waals surface area contributed by atoms with E-state index in [0.717, 1.165) is 33.2 Å². The van der Waals surface area contributed by atoms with Gasteiger partial charge in [0.25, 0.3) is 0 Å². The summed E-state index contributed by atoms with van der Waals surface area (Å²) in [6, 6.07) is 25.3. The fraction of sp³-hybridized carbons (Fsp3) is 0. The van der Waals surface area contributed by atoms with E-state index in [9.17, 15) is 0 Å². The maximum atomic E-state index is 6.37. The van der Waals surface area contributed by atoms with Gasteiger partial charge in [0.2, 0.25) is 7.28 Å². The van der Waals surface area contributed by atoms with Crippen molar-refractivity contribution in [3.8, 4) is 11.5 Å². The van der Waals surface area contributed by atoms with E-state index in [1.807, 2.05) is 0 Å². The first-order chi connectivity index (χ1) is 10.9. The van der Waals surface area contributed by atoms with Crippen molar-refractivity contribution in [2.45, 2.75) is 0 Å². The van der Waals surface area contributed by atoms with Crippen LogP contribution in [0.15, 0.2) is 72.8 Å². The van der Waals surface area contributed by atoms with Gasteiger partial charge >= 0.3 is 0 Å². The summed E-state index contributed by atoms with van der Waals surface area (Å²) >= 11 is 0. The number of fused-ring (bicyclic) bond motifs is 6. The van der Waals surface area contributed by atoms with Crippen LogP contribution in [0.25, 0.3) is 21.5 Å². The lowest BCUT2D eigenvalue weighted by Gasteiger charge is -2.23. The molecule has 0 bridgehead atoms. The Labute approximate surface area is 129 Å². The van der Waals surface area contributed by atoms with Crippen LogP contribution in [0, 0.1) is 0 Å². The number of hydrogen-bond donors (Lipinski definition) is 0. The van der Waals surface area contributed by atoms with E-state index in [1.165, 1.54) is 10.8 Å². The molecule has 1 nitrogen and oxygen atoms in total. The number of rotatable bonds is 0. The van der Waals surface area contributed by atoms with Gasteiger partial charge in [-0.1, -0.05) is 72.8 Å². The second-order valence-corrected chi connectivity index (χ2v) is 5.66. The molecule has 1 aliphatic heterocycles. The van der Waals surface area contributed by atoms with E-state index in [4.69, 9.17) is 4.74 Å². The van der Waals surface area contributed by atoms with Crippen LogP contribution in [0.1, 0.15) is 0 Å². The molecule has 0 unspecified atom stereocenters. The van der Waals surface area contributed by atoms with Crippen molar-refractivity contribution in [2.75, 3.05) is 0 Å². The van der Waals surface area contributed by atoms with Gasteiger partial charge in [0.1, 0.15) is 11.5 Å². The summed E-state index contributed by atoms with van der Waals surface area (Å²) in [5, 5.41) is 4.74. The largest absolute Gasteiger partial charge is 0.457 e. The lowest BCUT2D eigenvalue weighted by Crippen LogP contribution is -2.33. The zero-order valence-electron chi connectivity index (χ0n) is 11.9. The lowest BCUT2D eigenvalue weighted by molar-refractivity contribution is 0.499. The second-order valence-electron chi connectivity index (χ2n) is 5.66. The average molecular weight is 279 g/mol. The van der Waals surface area contributed by atoms with Gasteiger partial charge in [-0.05, 0) is 21.7 Å². The highest BCUT2D eigenvalue weighted by atomic mass is 16.5. The number of benzene rings is 4. The van der Waals surface area contributed by atoms with Crippen LogP contribution in [0.4, 0.5) is 0 Å². The van der Waals surface area contributed by atoms with Crippen LogP contribution in [-0.4, -0.2) is 7.28 Å². The number of hydrogen-bond acceptors (Lipinski definition) is 1. The van der Waals surface area contributed by atoms with Crippen LogP contribution in [0.2, 0.25) is 0 Å². The second kappa shape index (κ2) is 4.38. The highest BCUT2D eigenvalue weighted by Gasteiger charge is 2.21. The van der Waals surface area contributed by atoms with Gasteiger partial charge in [-0.2, -0.15) is 0 Å². The molecule has 1 heterocycles. The SMILES string of the molecule is [B]1c2ccc3ccccc3c2Oc2c1ccc1ccccc21. The van der Waals surface area contributed by atoms with E-state index >= 15 is 0 Å². The predicted molar refractivity (Wildman–Crippen MR) is 93.0 cm³/mol. The van der Waals surface area contributed by atoms with Gasteiger partial charge in [0.15, 0.2) is 0 Å². The summed E-state index contributed by atoms with van der Waals surface area (Å²) in [5.74, 6) is 1.92. The molecule has 0 atom stereocenters. The first-order valence-electron chi connectivity index (χ1n) is 7.46. The summed E-state index contributed by atoms with van der Waals surface area (Å²) in [6.45, 7) is 0. The Hall–Kier alpha value is -2.74. The topological polar surface area (TPSA) is 9.23 Å². The van der Waals surface area contributed by atoms with Crippen molar-refractivity contribution in [3.63, 3.8) is 0 Å². The molecule has 0 saturated carbocycles. The zero-order chi connectivity index (χ0) is 14.5. The minimum atomic E-state index is 0.960. The van der Waals surface area contributed by atoms with Crippen molar-refractivity contribution in [1.82, 2.24) is 0 Å². The monoisotopic (exact) mass is 279 g/mol. The molecule has 22 heavy (non-hydrogen) atoms. The summed E-state index contributed by atoms with van der Waals surface area (Å²) in [6.07, 6.45) is 0. The van der Waals surface area contributed by atoms with Crippen LogP contribution < -0.4 is 15.7 Å². The van der Waals surface area contributed by atoms with Crippen molar-refractivity contribution in [1.29, 1.82) is 0 Å². The van der Waals surface area contributed by atoms with Crippen LogP contribution in [-0.2, 0) is 0 Å². The molecule has 2 heteroatoms. The standard InChI is InChI=1S/C20H12BO/c1-3-7-15-13(5-1)9-11-17-19(15)22-20-16-8-4-2-6-14(16)10-12-18(20)21-17/h1-12H. The molecule has 0 N–H and O–H groups in total. The van der Waals surface area contributed by atoms with Crippen molar-refractivity contribution in [2.24, 2.45) is 0 Å². The molecule has 0 saturated heterocycles. The Bertz CT molecular complexity index is 953. The summed E-state index contributed by atoms with van der Waals surface area (Å²) < 4.78 is 6.37. The smallest absolute Gasteiger partial charge is 0.201 e. The third-order valence-corrected chi connectivity index (χ3v) is 4.34. The highest BCUT2D eigenvalue weighted by Crippen LogP contribution is 2.34. The molecule has 0 fully saturated rings. The van der Waals surface area contributed by atoms with Crippen LogP contribution in [0.5, 0.6) is 11.5 Å². The van der Waals surface area contributed by atoms with E-state index in [1.54, 1.807) is 0 Å². The Kier molecular flexibility index (Phi) is 2.36. The van der Waals surface area contributed by atoms with Gasteiger partial charge in [-0.3, -0.25) is 0 Å². The molecule has 1 aliphatic rings.